The molecule has 1 atom stereocenters. The van der Waals surface area contributed by atoms with E-state index < -0.39 is 15.4 Å². The number of anilines is 1. The number of methoxy groups -OCH3 is 1. The quantitative estimate of drug-likeness (QED) is 0.363. The second-order valence-electron chi connectivity index (χ2n) is 14.3. The van der Waals surface area contributed by atoms with E-state index in [1.807, 2.05) is 36.9 Å². The molecule has 11 heteroatoms. The van der Waals surface area contributed by atoms with Gasteiger partial charge in [0.05, 0.1) is 29.2 Å². The first kappa shape index (κ1) is 31.0. The molecule has 10 nitrogen and oxygen atoms in total. The van der Waals surface area contributed by atoms with E-state index >= 15 is 0 Å². The Morgan fingerprint density at radius 1 is 1.07 bits per heavy atom. The minimum absolute atomic E-state index is 0.0707. The van der Waals surface area contributed by atoms with Crippen LogP contribution in [0.1, 0.15) is 67.9 Å². The molecule has 45 heavy (non-hydrogen) atoms. The van der Waals surface area contributed by atoms with Gasteiger partial charge in [0.1, 0.15) is 6.61 Å². The maximum atomic E-state index is 14.4. The zero-order chi connectivity index (χ0) is 32.4. The number of nitrogens with one attached hydrogen (secondary N) is 1. The Morgan fingerprint density at radius 2 is 1.73 bits per heavy atom. The van der Waals surface area contributed by atoms with Crippen molar-refractivity contribution in [2.75, 3.05) is 25.0 Å². The number of hydrogen-bond donors (Lipinski definition) is 1. The van der Waals surface area contributed by atoms with E-state index in [1.54, 1.807) is 18.2 Å². The monoisotopic (exact) mass is 632 g/mol. The number of rotatable bonds is 5. The maximum Gasteiger partial charge on any atom is 0.311 e. The third kappa shape index (κ3) is 5.78. The lowest BCUT2D eigenvalue weighted by Crippen LogP contribution is -2.70. The van der Waals surface area contributed by atoms with Crippen LogP contribution in [0.2, 0.25) is 0 Å². The van der Waals surface area contributed by atoms with Crippen molar-refractivity contribution in [1.29, 1.82) is 0 Å². The third-order valence-electron chi connectivity index (χ3n) is 9.29. The molecule has 1 aliphatic heterocycles. The Balaban J connectivity index is 1.45. The van der Waals surface area contributed by atoms with Gasteiger partial charge in [0.2, 0.25) is 11.8 Å². The maximum absolute atomic E-state index is 14.4. The van der Waals surface area contributed by atoms with Crippen molar-refractivity contribution in [2.45, 2.75) is 71.2 Å². The van der Waals surface area contributed by atoms with Crippen molar-refractivity contribution < 1.29 is 27.5 Å². The number of hydrogen-bond acceptors (Lipinski definition) is 8. The standard InChI is InChI=1S/C34H40N4O6S/c1-21-9-7-10-22(2)28(21)26-14-27-36-31(35-26)37-45(41,42)25-12-8-11-23(13-25)29(39)38(24(16-44-27)15-32(3,4)5)20-33-17-34(18-33,19-33)30(40)43-6/h7-14,24H,15-20H2,1-6H3,(H,35,36,37)/t24-,33?,34?/m1/s1. The minimum Gasteiger partial charge on any atom is -0.475 e. The number of nitrogens with zero attached hydrogens (tertiary/aromatic N) is 3. The lowest BCUT2D eigenvalue weighted by atomic mass is 9.35. The van der Waals surface area contributed by atoms with Crippen molar-refractivity contribution >= 4 is 27.8 Å². The zero-order valence-corrected chi connectivity index (χ0v) is 27.5. The van der Waals surface area contributed by atoms with Crippen LogP contribution in [0.4, 0.5) is 5.95 Å². The topological polar surface area (TPSA) is 128 Å². The van der Waals surface area contributed by atoms with Gasteiger partial charge in [-0.3, -0.25) is 9.59 Å². The van der Waals surface area contributed by atoms with Gasteiger partial charge in [0, 0.05) is 23.7 Å². The molecule has 3 saturated carbocycles. The summed E-state index contributed by atoms with van der Waals surface area (Å²) in [7, 11) is -2.74. The summed E-state index contributed by atoms with van der Waals surface area (Å²) in [6.45, 7) is 10.8. The van der Waals surface area contributed by atoms with Gasteiger partial charge in [-0.1, -0.05) is 45.0 Å². The molecule has 238 valence electrons. The highest BCUT2D eigenvalue weighted by molar-refractivity contribution is 7.92. The summed E-state index contributed by atoms with van der Waals surface area (Å²) in [5.74, 6) is -0.394. The smallest absolute Gasteiger partial charge is 0.311 e. The van der Waals surface area contributed by atoms with Crippen molar-refractivity contribution in [1.82, 2.24) is 14.9 Å². The van der Waals surface area contributed by atoms with E-state index in [4.69, 9.17) is 9.47 Å². The molecule has 1 aromatic heterocycles. The average Bonchev–Trinajstić information content (AvgIpc) is 2.92. The summed E-state index contributed by atoms with van der Waals surface area (Å²) >= 11 is 0. The van der Waals surface area contributed by atoms with E-state index in [0.717, 1.165) is 16.7 Å². The van der Waals surface area contributed by atoms with Crippen LogP contribution in [0, 0.1) is 30.1 Å². The van der Waals surface area contributed by atoms with Gasteiger partial charge in [-0.25, -0.2) is 18.1 Å². The van der Waals surface area contributed by atoms with E-state index in [0.29, 0.717) is 37.9 Å². The van der Waals surface area contributed by atoms with Gasteiger partial charge in [-0.05, 0) is 79.7 Å². The molecular weight excluding hydrogens is 592 g/mol. The Labute approximate surface area is 264 Å². The molecule has 2 aromatic carbocycles. The van der Waals surface area contributed by atoms with Crippen molar-refractivity contribution in [2.24, 2.45) is 16.2 Å². The van der Waals surface area contributed by atoms with Crippen LogP contribution in [-0.4, -0.2) is 61.5 Å². The summed E-state index contributed by atoms with van der Waals surface area (Å²) in [4.78, 5) is 37.6. The number of aryl methyl sites for hydroxylation is 2. The SMILES string of the molecule is COC(=O)C12CC(CN3C(=O)c4cccc(c4)S(=O)(=O)Nc4nc(cc(-c5c(C)cccc5C)n4)OC[C@H]3CC(C)(C)C)(C1)C2. The Hall–Kier alpha value is -3.99. The molecule has 0 radical (unpaired) electrons. The molecule has 3 fully saturated rings. The molecule has 3 aromatic rings. The Kier molecular flexibility index (Phi) is 7.46. The van der Waals surface area contributed by atoms with Crippen LogP contribution in [0.5, 0.6) is 5.88 Å². The summed E-state index contributed by atoms with van der Waals surface area (Å²) in [5, 5.41) is 0. The van der Waals surface area contributed by atoms with E-state index in [1.165, 1.54) is 19.2 Å². The highest BCUT2D eigenvalue weighted by Crippen LogP contribution is 2.74. The predicted octanol–water partition coefficient (Wildman–Crippen LogP) is 5.54. The normalized spacial score (nSPS) is 25.2. The highest BCUT2D eigenvalue weighted by atomic mass is 32.2. The number of esters is 1. The van der Waals surface area contributed by atoms with Gasteiger partial charge in [-0.15, -0.1) is 0 Å². The highest BCUT2D eigenvalue weighted by Gasteiger charge is 2.72. The zero-order valence-electron chi connectivity index (χ0n) is 26.6. The molecule has 6 bridgehead atoms. The third-order valence-corrected chi connectivity index (χ3v) is 10.6. The number of sulfonamides is 1. The van der Waals surface area contributed by atoms with Crippen LogP contribution in [0.25, 0.3) is 11.3 Å². The first-order chi connectivity index (χ1) is 21.1. The second kappa shape index (κ2) is 10.8. The van der Waals surface area contributed by atoms with Crippen molar-refractivity contribution in [3.8, 4) is 17.1 Å². The van der Waals surface area contributed by atoms with Crippen LogP contribution in [0.3, 0.4) is 0 Å². The molecule has 1 amide bonds. The molecule has 3 aliphatic carbocycles. The lowest BCUT2D eigenvalue weighted by molar-refractivity contribution is -0.230. The van der Waals surface area contributed by atoms with Crippen molar-refractivity contribution in [3.63, 3.8) is 0 Å². The summed E-state index contributed by atoms with van der Waals surface area (Å²) < 4.78 is 41.2. The van der Waals surface area contributed by atoms with Gasteiger partial charge in [0.15, 0.2) is 0 Å². The van der Waals surface area contributed by atoms with Crippen LogP contribution < -0.4 is 9.46 Å². The van der Waals surface area contributed by atoms with E-state index in [-0.39, 0.29) is 57.6 Å². The first-order valence-corrected chi connectivity index (χ1v) is 16.7. The number of aromatic nitrogens is 2. The van der Waals surface area contributed by atoms with Crippen LogP contribution in [-0.2, 0) is 19.6 Å². The van der Waals surface area contributed by atoms with Crippen LogP contribution in [0.15, 0.2) is 53.4 Å². The second-order valence-corrected chi connectivity index (χ2v) is 16.0. The summed E-state index contributed by atoms with van der Waals surface area (Å²) in [6.07, 6.45) is 2.60. The molecule has 2 heterocycles. The van der Waals surface area contributed by atoms with E-state index in [2.05, 4.69) is 35.5 Å². The van der Waals surface area contributed by atoms with E-state index in [9.17, 15) is 18.0 Å². The molecular formula is C34H40N4O6S. The number of fused-ring (bicyclic) bond motifs is 4. The predicted molar refractivity (Wildman–Crippen MR) is 169 cm³/mol. The first-order valence-electron chi connectivity index (χ1n) is 15.2. The molecule has 0 unspecified atom stereocenters. The van der Waals surface area contributed by atoms with Crippen LogP contribution >= 0.6 is 0 Å². The minimum atomic E-state index is -4.16. The number of ether oxygens (including phenoxy) is 2. The fourth-order valence-electron chi connectivity index (χ4n) is 7.51. The summed E-state index contributed by atoms with van der Waals surface area (Å²) in [6, 6.07) is 13.3. The molecule has 1 N–H and O–H groups in total. The number of amides is 1. The largest absolute Gasteiger partial charge is 0.475 e. The molecule has 0 spiro atoms. The van der Waals surface area contributed by atoms with Gasteiger partial charge < -0.3 is 14.4 Å². The fourth-order valence-corrected chi connectivity index (χ4v) is 8.50. The molecule has 0 saturated heterocycles. The van der Waals surface area contributed by atoms with Gasteiger partial charge in [0.25, 0.3) is 15.9 Å². The Bertz CT molecular complexity index is 1760. The van der Waals surface area contributed by atoms with Crippen molar-refractivity contribution in [3.05, 3.63) is 65.2 Å². The number of benzene rings is 2. The Morgan fingerprint density at radius 3 is 2.38 bits per heavy atom. The lowest BCUT2D eigenvalue weighted by Gasteiger charge is -2.69. The van der Waals surface area contributed by atoms with Gasteiger partial charge >= 0.3 is 5.97 Å². The fraction of sp³-hybridized carbons (Fsp3) is 0.471. The van der Waals surface area contributed by atoms with Gasteiger partial charge in [-0.2, -0.15) is 4.98 Å². The average molecular weight is 633 g/mol. The number of carbonyl (C=O) groups is 2. The summed E-state index contributed by atoms with van der Waals surface area (Å²) in [5.41, 5.74) is 2.78. The number of carbonyl (C=O) groups excluding carboxylic acids is 2. The molecule has 4 aliphatic rings. The molecule has 7 rings (SSSR count).